The topological polar surface area (TPSA) is 29.5 Å². The largest absolute Gasteiger partial charge is 0.497 e. The minimum absolute atomic E-state index is 0.306. The molecule has 1 N–H and O–H groups in total. The number of thiophene rings is 1. The molecule has 1 aliphatic rings. The van der Waals surface area contributed by atoms with Crippen molar-refractivity contribution in [2.45, 2.75) is 25.4 Å². The molecule has 0 radical (unpaired) electrons. The zero-order valence-electron chi connectivity index (χ0n) is 10.6. The normalized spacial score (nSPS) is 15.3. The van der Waals surface area contributed by atoms with Gasteiger partial charge in [0.05, 0.1) is 7.11 Å². The van der Waals surface area contributed by atoms with Crippen LogP contribution in [-0.2, 0) is 12.8 Å². The van der Waals surface area contributed by atoms with E-state index in [1.807, 2.05) is 6.07 Å². The Kier molecular flexibility index (Phi) is 3.29. The third kappa shape index (κ3) is 2.26. The van der Waals surface area contributed by atoms with Gasteiger partial charge < -0.3 is 9.84 Å². The molecule has 0 saturated carbocycles. The molecule has 1 atom stereocenters. The molecule has 0 spiro atoms. The van der Waals surface area contributed by atoms with E-state index in [4.69, 9.17) is 4.74 Å². The quantitative estimate of drug-likeness (QED) is 0.931. The zero-order valence-corrected chi connectivity index (χ0v) is 11.5. The Morgan fingerprint density at radius 3 is 2.84 bits per heavy atom. The molecule has 0 saturated heterocycles. The van der Waals surface area contributed by atoms with Gasteiger partial charge in [-0.15, -0.1) is 11.3 Å². The Hall–Kier alpha value is -1.39. The first-order chi connectivity index (χ1) is 9.19. The maximum Gasteiger partial charge on any atom is 0.133 e. The third-order valence-electron chi connectivity index (χ3n) is 3.54. The molecule has 1 aliphatic carbocycles. The lowest BCUT2D eigenvalue weighted by molar-refractivity contribution is 0.218. The number of hydrogen-bond donors (Lipinski definition) is 1. The Bertz CT molecular complexity index is 585. The highest BCUT2D eigenvalue weighted by atomic mass is 32.1. The smallest absolute Gasteiger partial charge is 0.133 e. The fourth-order valence-corrected chi connectivity index (χ4v) is 3.76. The van der Waals surface area contributed by atoms with E-state index in [0.29, 0.717) is 11.3 Å². The molecule has 1 unspecified atom stereocenters. The molecule has 3 rings (SSSR count). The summed E-state index contributed by atoms with van der Waals surface area (Å²) in [7, 11) is 1.49. The standard InChI is InChI=1S/C15H15FO2S/c1-18-10-5-6-11(12(16)8-10)15(17)14-7-9-3-2-4-13(9)19-14/h5-8,15,17H,2-4H2,1H3. The Morgan fingerprint density at radius 2 is 2.16 bits per heavy atom. The average molecular weight is 278 g/mol. The van der Waals surface area contributed by atoms with Gasteiger partial charge in [-0.2, -0.15) is 0 Å². The van der Waals surface area contributed by atoms with Gasteiger partial charge in [0.1, 0.15) is 17.7 Å². The summed E-state index contributed by atoms with van der Waals surface area (Å²) < 4.78 is 18.9. The van der Waals surface area contributed by atoms with Gasteiger partial charge in [-0.3, -0.25) is 0 Å². The van der Waals surface area contributed by atoms with Crippen LogP contribution in [0, 0.1) is 5.82 Å². The maximum absolute atomic E-state index is 13.9. The van der Waals surface area contributed by atoms with Crippen molar-refractivity contribution in [3.05, 3.63) is 51.0 Å². The molecule has 0 aliphatic heterocycles. The number of fused-ring (bicyclic) bond motifs is 1. The van der Waals surface area contributed by atoms with Crippen molar-refractivity contribution in [2.75, 3.05) is 7.11 Å². The summed E-state index contributed by atoms with van der Waals surface area (Å²) in [6.45, 7) is 0. The van der Waals surface area contributed by atoms with E-state index in [2.05, 4.69) is 0 Å². The van der Waals surface area contributed by atoms with Crippen LogP contribution in [-0.4, -0.2) is 12.2 Å². The van der Waals surface area contributed by atoms with Crippen molar-refractivity contribution in [3.8, 4) is 5.75 Å². The van der Waals surface area contributed by atoms with Gasteiger partial charge in [0.25, 0.3) is 0 Å². The number of aryl methyl sites for hydroxylation is 2. The van der Waals surface area contributed by atoms with Crippen molar-refractivity contribution in [3.63, 3.8) is 0 Å². The summed E-state index contributed by atoms with van der Waals surface area (Å²) in [6, 6.07) is 6.58. The number of ether oxygens (including phenoxy) is 1. The molecule has 1 heterocycles. The average Bonchev–Trinajstić information content (AvgIpc) is 2.98. The summed E-state index contributed by atoms with van der Waals surface area (Å²) in [5.41, 5.74) is 1.62. The third-order valence-corrected chi connectivity index (χ3v) is 4.83. The fraction of sp³-hybridized carbons (Fsp3) is 0.333. The molecule has 0 fully saturated rings. The molecular weight excluding hydrogens is 263 g/mol. The Morgan fingerprint density at radius 1 is 1.32 bits per heavy atom. The van der Waals surface area contributed by atoms with E-state index < -0.39 is 11.9 Å². The second-order valence-corrected chi connectivity index (χ2v) is 5.91. The van der Waals surface area contributed by atoms with Crippen molar-refractivity contribution >= 4 is 11.3 Å². The lowest BCUT2D eigenvalue weighted by Gasteiger charge is -2.11. The van der Waals surface area contributed by atoms with Gasteiger partial charge in [-0.05, 0) is 43.0 Å². The van der Waals surface area contributed by atoms with Crippen LogP contribution >= 0.6 is 11.3 Å². The zero-order chi connectivity index (χ0) is 13.4. The van der Waals surface area contributed by atoms with Crippen LogP contribution < -0.4 is 4.74 Å². The number of benzene rings is 1. The molecular formula is C15H15FO2S. The van der Waals surface area contributed by atoms with Crippen LogP contribution in [0.5, 0.6) is 5.75 Å². The first-order valence-corrected chi connectivity index (χ1v) is 7.13. The van der Waals surface area contributed by atoms with Crippen molar-refractivity contribution < 1.29 is 14.2 Å². The van der Waals surface area contributed by atoms with E-state index >= 15 is 0 Å². The molecule has 100 valence electrons. The summed E-state index contributed by atoms with van der Waals surface area (Å²) in [6.07, 6.45) is 2.46. The summed E-state index contributed by atoms with van der Waals surface area (Å²) in [5.74, 6) is 0.0301. The highest BCUT2D eigenvalue weighted by Gasteiger charge is 2.22. The summed E-state index contributed by atoms with van der Waals surface area (Å²) >= 11 is 1.60. The van der Waals surface area contributed by atoms with Gasteiger partial charge in [-0.1, -0.05) is 0 Å². The van der Waals surface area contributed by atoms with Gasteiger partial charge in [-0.25, -0.2) is 4.39 Å². The minimum Gasteiger partial charge on any atom is -0.497 e. The van der Waals surface area contributed by atoms with E-state index in [1.165, 1.54) is 30.0 Å². The predicted octanol–water partition coefficient (Wildman–Crippen LogP) is 3.47. The van der Waals surface area contributed by atoms with Crippen LogP contribution in [0.4, 0.5) is 4.39 Å². The first-order valence-electron chi connectivity index (χ1n) is 6.32. The monoisotopic (exact) mass is 278 g/mol. The molecule has 1 aromatic carbocycles. The Labute approximate surface area is 115 Å². The number of rotatable bonds is 3. The number of methoxy groups -OCH3 is 1. The van der Waals surface area contributed by atoms with Crippen LogP contribution in [0.2, 0.25) is 0 Å². The van der Waals surface area contributed by atoms with E-state index in [1.54, 1.807) is 23.5 Å². The number of aliphatic hydroxyl groups excluding tert-OH is 1. The predicted molar refractivity (Wildman–Crippen MR) is 73.4 cm³/mol. The number of halogens is 1. The SMILES string of the molecule is COc1ccc(C(O)c2cc3c(s2)CCC3)c(F)c1. The van der Waals surface area contributed by atoms with Gasteiger partial charge in [0.15, 0.2) is 0 Å². The van der Waals surface area contributed by atoms with E-state index in [0.717, 1.165) is 17.7 Å². The van der Waals surface area contributed by atoms with Gasteiger partial charge in [0.2, 0.25) is 0 Å². The van der Waals surface area contributed by atoms with Crippen molar-refractivity contribution in [1.82, 2.24) is 0 Å². The number of hydrogen-bond acceptors (Lipinski definition) is 3. The van der Waals surface area contributed by atoms with Crippen LogP contribution in [0.3, 0.4) is 0 Å². The van der Waals surface area contributed by atoms with Crippen LogP contribution in [0.25, 0.3) is 0 Å². The van der Waals surface area contributed by atoms with E-state index in [9.17, 15) is 9.50 Å². The van der Waals surface area contributed by atoms with Crippen molar-refractivity contribution in [2.24, 2.45) is 0 Å². The van der Waals surface area contributed by atoms with Gasteiger partial charge in [0, 0.05) is 21.4 Å². The molecule has 0 bridgehead atoms. The molecule has 2 aromatic rings. The minimum atomic E-state index is -0.887. The molecule has 2 nitrogen and oxygen atoms in total. The molecule has 4 heteroatoms. The second kappa shape index (κ2) is 4.94. The second-order valence-electron chi connectivity index (χ2n) is 4.74. The molecule has 1 aromatic heterocycles. The molecule has 0 amide bonds. The number of aliphatic hydroxyl groups is 1. The summed E-state index contributed by atoms with van der Waals surface area (Å²) in [4.78, 5) is 2.16. The lowest BCUT2D eigenvalue weighted by atomic mass is 10.1. The highest BCUT2D eigenvalue weighted by molar-refractivity contribution is 7.12. The van der Waals surface area contributed by atoms with Crippen molar-refractivity contribution in [1.29, 1.82) is 0 Å². The summed E-state index contributed by atoms with van der Waals surface area (Å²) in [5, 5.41) is 10.3. The van der Waals surface area contributed by atoms with Crippen LogP contribution in [0.15, 0.2) is 24.3 Å². The molecule has 19 heavy (non-hydrogen) atoms. The lowest BCUT2D eigenvalue weighted by Crippen LogP contribution is -2.01. The fourth-order valence-electron chi connectivity index (χ4n) is 2.50. The van der Waals surface area contributed by atoms with Gasteiger partial charge >= 0.3 is 0 Å². The highest BCUT2D eigenvalue weighted by Crippen LogP contribution is 2.37. The van der Waals surface area contributed by atoms with E-state index in [-0.39, 0.29) is 0 Å². The maximum atomic E-state index is 13.9. The first kappa shape index (κ1) is 12.6. The van der Waals surface area contributed by atoms with Crippen LogP contribution in [0.1, 0.15) is 33.4 Å². The Balaban J connectivity index is 1.92.